The molecule has 0 aliphatic carbocycles. The lowest BCUT2D eigenvalue weighted by atomic mass is 9.94. The number of alkyl halides is 3. The molecule has 0 bridgehead atoms. The average Bonchev–Trinajstić information content (AvgIpc) is 3.16. The lowest BCUT2D eigenvalue weighted by Gasteiger charge is -2.31. The van der Waals surface area contributed by atoms with E-state index in [2.05, 4.69) is 20.1 Å². The van der Waals surface area contributed by atoms with E-state index in [0.717, 1.165) is 6.07 Å². The van der Waals surface area contributed by atoms with Crippen molar-refractivity contribution in [3.8, 4) is 6.01 Å². The maximum Gasteiger partial charge on any atom is 0.418 e. The Labute approximate surface area is 226 Å². The van der Waals surface area contributed by atoms with Gasteiger partial charge in [0.05, 0.1) is 42.6 Å². The molecule has 5 rings (SSSR count). The van der Waals surface area contributed by atoms with E-state index < -0.39 is 22.9 Å². The average molecular weight is 567 g/mol. The van der Waals surface area contributed by atoms with Gasteiger partial charge in [0.15, 0.2) is 0 Å². The lowest BCUT2D eigenvalue weighted by Crippen LogP contribution is -2.29. The molecule has 15 heteroatoms. The van der Waals surface area contributed by atoms with E-state index in [0.29, 0.717) is 49.0 Å². The van der Waals surface area contributed by atoms with Gasteiger partial charge < -0.3 is 25.0 Å². The fourth-order valence-electron chi connectivity index (χ4n) is 4.79. The largest absolute Gasteiger partial charge is 0.467 e. The number of benzene rings is 1. The number of amides is 1. The van der Waals surface area contributed by atoms with Gasteiger partial charge in [0.25, 0.3) is 5.91 Å². The smallest absolute Gasteiger partial charge is 0.418 e. The van der Waals surface area contributed by atoms with Gasteiger partial charge in [0.1, 0.15) is 11.6 Å². The Morgan fingerprint density at radius 2 is 2.00 bits per heavy atom. The molecule has 1 aromatic carbocycles. The number of nitrogen functional groups attached to an aromatic ring is 1. The first kappa shape index (κ1) is 26.9. The van der Waals surface area contributed by atoms with Crippen LogP contribution in [0, 0.1) is 0 Å². The van der Waals surface area contributed by atoms with Crippen molar-refractivity contribution in [3.05, 3.63) is 51.2 Å². The molecule has 4 heterocycles. The predicted octanol–water partition coefficient (Wildman–Crippen LogP) is 3.26. The number of fused-ring (bicyclic) bond motifs is 2. The van der Waals surface area contributed by atoms with Gasteiger partial charge in [-0.1, -0.05) is 11.6 Å². The molecule has 1 amide bonds. The fraction of sp³-hybridized carbons (Fsp3) is 0.458. The lowest BCUT2D eigenvalue weighted by molar-refractivity contribution is -0.139. The Morgan fingerprint density at radius 3 is 2.69 bits per heavy atom. The number of nitrogens with zero attached hydrogens (tertiary/aromatic N) is 7. The third kappa shape index (κ3) is 5.17. The second-order valence-electron chi connectivity index (χ2n) is 9.48. The van der Waals surface area contributed by atoms with Crippen LogP contribution in [0.2, 0.25) is 5.02 Å². The summed E-state index contributed by atoms with van der Waals surface area (Å²) in [6.45, 7) is 1.39. The number of rotatable bonds is 4. The van der Waals surface area contributed by atoms with Gasteiger partial charge in [0, 0.05) is 44.9 Å². The van der Waals surface area contributed by atoms with Crippen LogP contribution in [-0.2, 0) is 37.0 Å². The summed E-state index contributed by atoms with van der Waals surface area (Å²) in [6, 6.07) is 2.38. The summed E-state index contributed by atoms with van der Waals surface area (Å²) in [7, 11) is 4.67. The summed E-state index contributed by atoms with van der Waals surface area (Å²) in [5.74, 6) is 0.908. The molecule has 1 unspecified atom stereocenters. The van der Waals surface area contributed by atoms with Crippen molar-refractivity contribution in [3.63, 3.8) is 0 Å². The number of carbonyl (C=O) groups excluding carboxylic acids is 1. The highest BCUT2D eigenvalue weighted by Gasteiger charge is 2.40. The molecule has 2 aliphatic rings. The van der Waals surface area contributed by atoms with E-state index in [1.807, 2.05) is 4.90 Å². The minimum atomic E-state index is -4.70. The van der Waals surface area contributed by atoms with Gasteiger partial charge in [-0.3, -0.25) is 4.79 Å². The molecule has 208 valence electrons. The van der Waals surface area contributed by atoms with Gasteiger partial charge in [-0.15, -0.1) is 5.10 Å². The second kappa shape index (κ2) is 10.2. The van der Waals surface area contributed by atoms with Crippen molar-refractivity contribution in [1.29, 1.82) is 0 Å². The highest BCUT2D eigenvalue weighted by Crippen LogP contribution is 2.44. The summed E-state index contributed by atoms with van der Waals surface area (Å²) >= 11 is 5.96. The zero-order chi connectivity index (χ0) is 28.1. The SMILES string of the molecule is COc1nc2c(c(N3CCCn4nc(C(=O)N(C)C)nc4C3)n1)COC(c1cc(N)cc(Cl)c1C(F)(F)F)C2. The first-order valence-corrected chi connectivity index (χ1v) is 12.5. The van der Waals surface area contributed by atoms with Crippen LogP contribution in [0.15, 0.2) is 12.1 Å². The van der Waals surface area contributed by atoms with Crippen molar-refractivity contribution >= 4 is 29.0 Å². The molecule has 0 spiro atoms. The van der Waals surface area contributed by atoms with Crippen LogP contribution in [-0.4, -0.2) is 63.3 Å². The van der Waals surface area contributed by atoms with Crippen molar-refractivity contribution < 1.29 is 27.4 Å². The summed E-state index contributed by atoms with van der Waals surface area (Å²) in [5.41, 5.74) is 5.92. The maximum absolute atomic E-state index is 13.9. The maximum atomic E-state index is 13.9. The van der Waals surface area contributed by atoms with Crippen molar-refractivity contribution in [2.45, 2.75) is 44.8 Å². The number of aryl methyl sites for hydroxylation is 1. The van der Waals surface area contributed by atoms with E-state index in [9.17, 15) is 18.0 Å². The van der Waals surface area contributed by atoms with E-state index in [4.69, 9.17) is 26.8 Å². The highest BCUT2D eigenvalue weighted by atomic mass is 35.5. The van der Waals surface area contributed by atoms with Crippen LogP contribution < -0.4 is 15.4 Å². The molecular weight excluding hydrogens is 541 g/mol. The zero-order valence-corrected chi connectivity index (χ0v) is 22.2. The monoisotopic (exact) mass is 566 g/mol. The van der Waals surface area contributed by atoms with Crippen molar-refractivity contribution in [2.75, 3.05) is 38.4 Å². The third-order valence-corrected chi connectivity index (χ3v) is 6.89. The zero-order valence-electron chi connectivity index (χ0n) is 21.4. The normalized spacial score (nSPS) is 17.3. The molecule has 2 aromatic heterocycles. The Morgan fingerprint density at radius 1 is 1.23 bits per heavy atom. The molecule has 39 heavy (non-hydrogen) atoms. The minimum absolute atomic E-state index is 0.0234. The van der Waals surface area contributed by atoms with Crippen LogP contribution >= 0.6 is 11.6 Å². The van der Waals surface area contributed by atoms with E-state index in [1.165, 1.54) is 18.1 Å². The summed E-state index contributed by atoms with van der Waals surface area (Å²) in [5, 5.41) is 3.87. The van der Waals surface area contributed by atoms with E-state index in [1.54, 1.807) is 18.8 Å². The molecule has 2 N–H and O–H groups in total. The van der Waals surface area contributed by atoms with Gasteiger partial charge in [-0.2, -0.15) is 23.1 Å². The van der Waals surface area contributed by atoms with Crippen LogP contribution in [0.25, 0.3) is 0 Å². The van der Waals surface area contributed by atoms with E-state index in [-0.39, 0.29) is 42.0 Å². The second-order valence-corrected chi connectivity index (χ2v) is 9.88. The number of ether oxygens (including phenoxy) is 2. The van der Waals surface area contributed by atoms with Gasteiger partial charge in [-0.05, 0) is 24.1 Å². The minimum Gasteiger partial charge on any atom is -0.467 e. The van der Waals surface area contributed by atoms with Crippen LogP contribution in [0.3, 0.4) is 0 Å². The van der Waals surface area contributed by atoms with E-state index >= 15 is 0 Å². The molecule has 3 aromatic rings. The first-order valence-electron chi connectivity index (χ1n) is 12.1. The molecule has 0 saturated heterocycles. The van der Waals surface area contributed by atoms with Crippen LogP contribution in [0.1, 0.15) is 51.4 Å². The quantitative estimate of drug-likeness (QED) is 0.474. The molecule has 0 fully saturated rings. The Hall–Kier alpha value is -3.65. The number of anilines is 2. The van der Waals surface area contributed by atoms with Crippen molar-refractivity contribution in [2.24, 2.45) is 0 Å². The Bertz CT molecular complexity index is 1430. The van der Waals surface area contributed by atoms with Crippen molar-refractivity contribution in [1.82, 2.24) is 29.6 Å². The predicted molar refractivity (Wildman–Crippen MR) is 134 cm³/mol. The molecule has 11 nitrogen and oxygen atoms in total. The van der Waals surface area contributed by atoms with Gasteiger partial charge in [0.2, 0.25) is 5.82 Å². The number of hydrogen-bond acceptors (Lipinski definition) is 9. The Kier molecular flexibility index (Phi) is 7.01. The summed E-state index contributed by atoms with van der Waals surface area (Å²) in [4.78, 5) is 29.2. The molecule has 0 radical (unpaired) electrons. The molecule has 0 saturated carbocycles. The number of nitrogens with two attached hydrogens (primary N) is 1. The van der Waals surface area contributed by atoms with Crippen LogP contribution in [0.5, 0.6) is 6.01 Å². The van der Waals surface area contributed by atoms with Crippen LogP contribution in [0.4, 0.5) is 24.7 Å². The third-order valence-electron chi connectivity index (χ3n) is 6.59. The molecular formula is C24H26ClF3N8O3. The standard InChI is InChI=1S/C24H26ClF3N8O3/c1-34(2)22(37)20-31-18-10-35(5-4-6-36(18)33-20)21-14-11-39-17(9-16(14)30-23(32-21)38-3)13-7-12(29)8-15(25)19(13)24(26,27)28/h7-8,17H,4-6,9-11,29H2,1-3H3. The number of carbonyl (C=O) groups is 1. The number of methoxy groups -OCH3 is 1. The number of hydrogen-bond donors (Lipinski definition) is 1. The number of halogens is 4. The highest BCUT2D eigenvalue weighted by molar-refractivity contribution is 6.31. The summed E-state index contributed by atoms with van der Waals surface area (Å²) < 4.78 is 54.7. The Balaban J connectivity index is 1.50. The molecule has 2 aliphatic heterocycles. The topological polar surface area (TPSA) is 125 Å². The van der Waals surface area contributed by atoms with Gasteiger partial charge in [-0.25, -0.2) is 9.67 Å². The first-order chi connectivity index (χ1) is 18.5. The number of aromatic nitrogens is 5. The summed E-state index contributed by atoms with van der Waals surface area (Å²) in [6.07, 6.45) is -4.98. The molecule has 1 atom stereocenters. The fourth-order valence-corrected chi connectivity index (χ4v) is 5.13. The van der Waals surface area contributed by atoms with Gasteiger partial charge >= 0.3 is 12.2 Å².